The zero-order chi connectivity index (χ0) is 16.2. The molecule has 116 valence electrons. The van der Waals surface area contributed by atoms with Crippen LogP contribution in [0.1, 0.15) is 33.3 Å². The summed E-state index contributed by atoms with van der Waals surface area (Å²) in [5.41, 5.74) is 1.56. The van der Waals surface area contributed by atoms with Crippen LogP contribution in [0.25, 0.3) is 0 Å². The first-order chi connectivity index (χ1) is 9.35. The van der Waals surface area contributed by atoms with E-state index in [-0.39, 0.29) is 0 Å². The van der Waals surface area contributed by atoms with Gasteiger partial charge in [0.1, 0.15) is 5.82 Å². The topological polar surface area (TPSA) is 44.5 Å². The van der Waals surface area contributed by atoms with E-state index in [1.807, 2.05) is 0 Å². The van der Waals surface area contributed by atoms with Gasteiger partial charge in [0.15, 0.2) is 0 Å². The smallest absolute Gasteiger partial charge is 0.399 e. The summed E-state index contributed by atoms with van der Waals surface area (Å²) in [6.45, 7) is 6.81. The van der Waals surface area contributed by atoms with Crippen molar-refractivity contribution in [2.24, 2.45) is 0 Å². The predicted octanol–water partition coefficient (Wildman–Crippen LogP) is 2.73. The molecule has 1 aliphatic heterocycles. The van der Waals surface area contributed by atoms with E-state index in [9.17, 15) is 17.6 Å². The fourth-order valence-electron chi connectivity index (χ4n) is 2.02. The van der Waals surface area contributed by atoms with Crippen LogP contribution in [0.2, 0.25) is 0 Å². The third-order valence-corrected chi connectivity index (χ3v) is 3.98. The molecule has 1 aromatic carbocycles. The summed E-state index contributed by atoms with van der Waals surface area (Å²) in [5, 5.41) is 0. The number of halogens is 4. The van der Waals surface area contributed by atoms with Crippen LogP contribution in [0, 0.1) is 5.82 Å². The van der Waals surface area contributed by atoms with Crippen LogP contribution >= 0.6 is 0 Å². The van der Waals surface area contributed by atoms with Gasteiger partial charge >= 0.3 is 13.3 Å². The van der Waals surface area contributed by atoms with Crippen molar-refractivity contribution >= 4 is 18.3 Å². The lowest BCUT2D eigenvalue weighted by atomic mass is 9.75. The van der Waals surface area contributed by atoms with Crippen LogP contribution < -0.4 is 11.2 Å². The summed E-state index contributed by atoms with van der Waals surface area (Å²) in [7, 11) is -1.30. The molecule has 2 N–H and O–H groups in total. The van der Waals surface area contributed by atoms with Crippen LogP contribution in [0.15, 0.2) is 12.1 Å². The largest absolute Gasteiger partial charge is 0.495 e. The molecule has 2 rings (SSSR count). The lowest BCUT2D eigenvalue weighted by Crippen LogP contribution is -2.41. The van der Waals surface area contributed by atoms with E-state index in [1.54, 1.807) is 27.7 Å². The van der Waals surface area contributed by atoms with E-state index in [0.29, 0.717) is 6.07 Å². The molecule has 0 aliphatic carbocycles. The van der Waals surface area contributed by atoms with Gasteiger partial charge in [-0.3, -0.25) is 0 Å². The molecule has 0 radical (unpaired) electrons. The van der Waals surface area contributed by atoms with E-state index in [1.165, 1.54) is 0 Å². The van der Waals surface area contributed by atoms with Gasteiger partial charge in [0.2, 0.25) is 0 Å². The summed E-state index contributed by atoms with van der Waals surface area (Å²) in [5.74, 6) is -0.937. The lowest BCUT2D eigenvalue weighted by molar-refractivity contribution is -0.136. The van der Waals surface area contributed by atoms with Crippen molar-refractivity contribution < 1.29 is 26.9 Å². The van der Waals surface area contributed by atoms with E-state index < -0.39 is 47.0 Å². The first-order valence-electron chi connectivity index (χ1n) is 6.37. The summed E-state index contributed by atoms with van der Waals surface area (Å²) >= 11 is 0. The number of alkyl halides is 3. The number of nitrogen functional groups attached to an aromatic ring is 1. The van der Waals surface area contributed by atoms with E-state index in [0.717, 1.165) is 6.07 Å². The zero-order valence-corrected chi connectivity index (χ0v) is 12.1. The molecule has 0 amide bonds. The summed E-state index contributed by atoms with van der Waals surface area (Å²) in [6.07, 6.45) is -4.68. The Morgan fingerprint density at radius 2 is 1.52 bits per heavy atom. The van der Waals surface area contributed by atoms with Gasteiger partial charge in [0.25, 0.3) is 0 Å². The van der Waals surface area contributed by atoms with Crippen molar-refractivity contribution in [2.45, 2.75) is 45.1 Å². The van der Waals surface area contributed by atoms with Gasteiger partial charge in [0.05, 0.1) is 22.5 Å². The SMILES string of the molecule is CC1(C)OB(c2cc(F)c(N)cc2C(F)(F)F)OC1(C)C. The Bertz CT molecular complexity index is 556. The van der Waals surface area contributed by atoms with Gasteiger partial charge in [-0.15, -0.1) is 0 Å². The Morgan fingerprint density at radius 3 is 1.95 bits per heavy atom. The highest BCUT2D eigenvalue weighted by Crippen LogP contribution is 2.38. The van der Waals surface area contributed by atoms with Crippen LogP contribution in [-0.2, 0) is 15.5 Å². The maximum atomic E-state index is 13.6. The standard InChI is InChI=1S/C13H16BF4NO2/c1-11(2)12(3,4)21-14(20-11)8-6-9(15)10(19)5-7(8)13(16,17)18/h5-6H,19H2,1-4H3. The summed E-state index contributed by atoms with van der Waals surface area (Å²) < 4.78 is 64.0. The Morgan fingerprint density at radius 1 is 1.05 bits per heavy atom. The third kappa shape index (κ3) is 2.74. The fourth-order valence-corrected chi connectivity index (χ4v) is 2.02. The number of anilines is 1. The second-order valence-corrected chi connectivity index (χ2v) is 6.05. The Labute approximate surface area is 120 Å². The van der Waals surface area contributed by atoms with Crippen molar-refractivity contribution in [3.63, 3.8) is 0 Å². The van der Waals surface area contributed by atoms with Gasteiger partial charge in [0, 0.05) is 0 Å². The number of hydrogen-bond donors (Lipinski definition) is 1. The molecule has 3 nitrogen and oxygen atoms in total. The molecule has 8 heteroatoms. The van der Waals surface area contributed by atoms with Crippen LogP contribution in [0.3, 0.4) is 0 Å². The number of nitrogens with two attached hydrogens (primary N) is 1. The molecule has 0 bridgehead atoms. The van der Waals surface area contributed by atoms with Crippen molar-refractivity contribution in [1.29, 1.82) is 0 Å². The average Bonchev–Trinajstić information content (AvgIpc) is 2.50. The van der Waals surface area contributed by atoms with Gasteiger partial charge in [-0.25, -0.2) is 4.39 Å². The number of rotatable bonds is 1. The van der Waals surface area contributed by atoms with Crippen LogP contribution in [-0.4, -0.2) is 18.3 Å². The minimum Gasteiger partial charge on any atom is -0.399 e. The quantitative estimate of drug-likeness (QED) is 0.493. The molecule has 0 saturated carbocycles. The van der Waals surface area contributed by atoms with Gasteiger partial charge < -0.3 is 15.0 Å². The van der Waals surface area contributed by atoms with E-state index in [4.69, 9.17) is 15.0 Å². The first kappa shape index (κ1) is 16.1. The fraction of sp³-hybridized carbons (Fsp3) is 0.538. The second kappa shape index (κ2) is 4.61. The van der Waals surface area contributed by atoms with Gasteiger partial charge in [-0.2, -0.15) is 13.2 Å². The molecule has 1 saturated heterocycles. The second-order valence-electron chi connectivity index (χ2n) is 6.05. The monoisotopic (exact) mass is 305 g/mol. The third-order valence-electron chi connectivity index (χ3n) is 3.98. The highest BCUT2D eigenvalue weighted by molar-refractivity contribution is 6.62. The molecule has 1 aromatic rings. The minimum atomic E-state index is -4.68. The normalized spacial score (nSPS) is 20.9. The van der Waals surface area contributed by atoms with Crippen molar-refractivity contribution in [1.82, 2.24) is 0 Å². The Hall–Kier alpha value is -1.28. The number of hydrogen-bond acceptors (Lipinski definition) is 3. The maximum Gasteiger partial charge on any atom is 0.495 e. The minimum absolute atomic E-state index is 0.409. The van der Waals surface area contributed by atoms with Gasteiger partial charge in [-0.05, 0) is 45.3 Å². The molecule has 0 aromatic heterocycles. The van der Waals surface area contributed by atoms with Crippen LogP contribution in [0.4, 0.5) is 23.2 Å². The molecule has 0 unspecified atom stereocenters. The molecule has 0 spiro atoms. The average molecular weight is 305 g/mol. The lowest BCUT2D eigenvalue weighted by Gasteiger charge is -2.32. The van der Waals surface area contributed by atoms with Crippen LogP contribution in [0.5, 0.6) is 0 Å². The summed E-state index contributed by atoms with van der Waals surface area (Å²) in [6, 6.07) is 1.29. The molecule has 21 heavy (non-hydrogen) atoms. The molecule has 1 heterocycles. The number of benzene rings is 1. The van der Waals surface area contributed by atoms with E-state index in [2.05, 4.69) is 0 Å². The molecule has 1 fully saturated rings. The Balaban J connectivity index is 2.53. The molecular weight excluding hydrogens is 289 g/mol. The zero-order valence-electron chi connectivity index (χ0n) is 12.1. The summed E-state index contributed by atoms with van der Waals surface area (Å²) in [4.78, 5) is 0. The molecule has 1 aliphatic rings. The van der Waals surface area contributed by atoms with Crippen molar-refractivity contribution in [3.8, 4) is 0 Å². The molecule has 0 atom stereocenters. The highest BCUT2D eigenvalue weighted by atomic mass is 19.4. The predicted molar refractivity (Wildman–Crippen MR) is 71.5 cm³/mol. The Kier molecular flexibility index (Phi) is 3.53. The highest BCUT2D eigenvalue weighted by Gasteiger charge is 2.53. The van der Waals surface area contributed by atoms with Crippen molar-refractivity contribution in [2.75, 3.05) is 5.73 Å². The van der Waals surface area contributed by atoms with Gasteiger partial charge in [-0.1, -0.05) is 0 Å². The van der Waals surface area contributed by atoms with E-state index >= 15 is 0 Å². The molecular formula is C13H16BF4NO2. The maximum absolute atomic E-state index is 13.6. The van der Waals surface area contributed by atoms with Crippen molar-refractivity contribution in [3.05, 3.63) is 23.5 Å². The first-order valence-corrected chi connectivity index (χ1v) is 6.37.